The quantitative estimate of drug-likeness (QED) is 0.672. The third kappa shape index (κ3) is 3.35. The minimum absolute atomic E-state index is 0.0181. The fourth-order valence-corrected chi connectivity index (χ4v) is 4.28. The number of nitrogens with zero attached hydrogens (tertiary/aromatic N) is 3. The minimum atomic E-state index is -0.0181. The molecule has 0 radical (unpaired) electrons. The monoisotopic (exact) mass is 399 g/mol. The van der Waals surface area contributed by atoms with Crippen molar-refractivity contribution in [3.63, 3.8) is 0 Å². The summed E-state index contributed by atoms with van der Waals surface area (Å²) in [5.74, 6) is 2.01. The van der Waals surface area contributed by atoms with E-state index in [-0.39, 0.29) is 17.9 Å². The molecule has 0 atom stereocenters. The number of thiophene rings is 1. The van der Waals surface area contributed by atoms with E-state index < -0.39 is 0 Å². The molecule has 8 heteroatoms. The molecule has 3 aromatic rings. The highest BCUT2D eigenvalue weighted by Gasteiger charge is 2.21. The zero-order valence-electron chi connectivity index (χ0n) is 15.8. The number of carbonyl (C=O) groups excluding carboxylic acids is 1. The Balaban J connectivity index is 1.51. The Hall–Kier alpha value is -2.87. The molecule has 7 nitrogen and oxygen atoms in total. The van der Waals surface area contributed by atoms with Gasteiger partial charge in [-0.05, 0) is 29.1 Å². The number of aromatic nitrogens is 2. The van der Waals surface area contributed by atoms with Crippen molar-refractivity contribution in [3.8, 4) is 11.5 Å². The van der Waals surface area contributed by atoms with Crippen molar-refractivity contribution in [2.24, 2.45) is 0 Å². The molecule has 1 aliphatic heterocycles. The number of hydrogen-bond donors (Lipinski definition) is 0. The van der Waals surface area contributed by atoms with Crippen LogP contribution in [0.4, 0.5) is 0 Å². The van der Waals surface area contributed by atoms with Gasteiger partial charge in [-0.2, -0.15) is 0 Å². The number of amides is 1. The predicted octanol–water partition coefficient (Wildman–Crippen LogP) is 2.10. The first-order chi connectivity index (χ1) is 13.6. The SMILES string of the molecule is COc1ccc(CC(=O)N2CCc3nc4sccc4c(=O)n3CC2)cc1OC. The molecule has 1 aromatic carbocycles. The second-order valence-corrected chi connectivity index (χ2v) is 7.52. The summed E-state index contributed by atoms with van der Waals surface area (Å²) in [5, 5.41) is 2.54. The van der Waals surface area contributed by atoms with Gasteiger partial charge in [-0.3, -0.25) is 14.2 Å². The van der Waals surface area contributed by atoms with E-state index in [2.05, 4.69) is 4.98 Å². The van der Waals surface area contributed by atoms with Crippen LogP contribution in [0.25, 0.3) is 10.2 Å². The molecule has 146 valence electrons. The molecule has 0 bridgehead atoms. The van der Waals surface area contributed by atoms with Gasteiger partial charge in [0.05, 0.1) is 26.0 Å². The molecule has 0 unspecified atom stereocenters. The van der Waals surface area contributed by atoms with Crippen molar-refractivity contribution >= 4 is 27.5 Å². The Morgan fingerprint density at radius 3 is 2.75 bits per heavy atom. The summed E-state index contributed by atoms with van der Waals surface area (Å²) < 4.78 is 12.3. The van der Waals surface area contributed by atoms with E-state index in [1.54, 1.807) is 29.8 Å². The number of carbonyl (C=O) groups is 1. The third-order valence-corrected chi connectivity index (χ3v) is 5.82. The lowest BCUT2D eigenvalue weighted by Crippen LogP contribution is -2.35. The molecule has 2 aromatic heterocycles. The Kier molecular flexibility index (Phi) is 5.04. The molecule has 1 amide bonds. The largest absolute Gasteiger partial charge is 0.493 e. The van der Waals surface area contributed by atoms with Gasteiger partial charge in [0.2, 0.25) is 5.91 Å². The van der Waals surface area contributed by atoms with Gasteiger partial charge in [0.25, 0.3) is 5.56 Å². The second kappa shape index (κ2) is 7.63. The molecule has 4 rings (SSSR count). The van der Waals surface area contributed by atoms with Crippen molar-refractivity contribution in [2.75, 3.05) is 27.3 Å². The van der Waals surface area contributed by atoms with E-state index in [0.29, 0.717) is 42.9 Å². The smallest absolute Gasteiger partial charge is 0.262 e. The van der Waals surface area contributed by atoms with Crippen molar-refractivity contribution in [1.82, 2.24) is 14.5 Å². The number of benzene rings is 1. The van der Waals surface area contributed by atoms with Gasteiger partial charge >= 0.3 is 0 Å². The van der Waals surface area contributed by atoms with Crippen molar-refractivity contribution < 1.29 is 14.3 Å². The van der Waals surface area contributed by atoms with E-state index in [4.69, 9.17) is 9.47 Å². The van der Waals surface area contributed by atoms with Crippen LogP contribution in [0.5, 0.6) is 11.5 Å². The zero-order chi connectivity index (χ0) is 19.7. The van der Waals surface area contributed by atoms with Crippen molar-refractivity contribution in [2.45, 2.75) is 19.4 Å². The molecule has 0 saturated heterocycles. The molecule has 28 heavy (non-hydrogen) atoms. The maximum absolute atomic E-state index is 12.8. The van der Waals surface area contributed by atoms with Crippen LogP contribution < -0.4 is 15.0 Å². The normalized spacial score (nSPS) is 13.9. The Labute approximate surface area is 166 Å². The van der Waals surface area contributed by atoms with E-state index in [1.165, 1.54) is 11.3 Å². The molecule has 0 N–H and O–H groups in total. The van der Waals surface area contributed by atoms with Crippen LogP contribution in [0.2, 0.25) is 0 Å². The molecule has 0 fully saturated rings. The number of hydrogen-bond acceptors (Lipinski definition) is 6. The van der Waals surface area contributed by atoms with Crippen LogP contribution in [0, 0.1) is 0 Å². The zero-order valence-corrected chi connectivity index (χ0v) is 16.6. The molecular weight excluding hydrogens is 378 g/mol. The van der Waals surface area contributed by atoms with Gasteiger partial charge < -0.3 is 14.4 Å². The molecule has 0 saturated carbocycles. The first kappa shape index (κ1) is 18.5. The summed E-state index contributed by atoms with van der Waals surface area (Å²) in [6.07, 6.45) is 0.842. The number of fused-ring (bicyclic) bond motifs is 2. The first-order valence-corrected chi connectivity index (χ1v) is 9.94. The molecular formula is C20H21N3O4S. The lowest BCUT2D eigenvalue weighted by molar-refractivity contribution is -0.130. The van der Waals surface area contributed by atoms with E-state index in [1.807, 2.05) is 23.6 Å². The van der Waals surface area contributed by atoms with Gasteiger partial charge in [0.1, 0.15) is 10.7 Å². The molecule has 0 aliphatic carbocycles. The van der Waals surface area contributed by atoms with E-state index in [0.717, 1.165) is 16.2 Å². The standard InChI is InChI=1S/C20H21N3O4S/c1-26-15-4-3-13(11-16(15)27-2)12-18(24)22-7-5-17-21-19-14(6-10-28-19)20(25)23(17)9-8-22/h3-4,6,10-11H,5,7-9,12H2,1-2H3. The molecule has 0 spiro atoms. The number of methoxy groups -OCH3 is 2. The second-order valence-electron chi connectivity index (χ2n) is 6.62. The summed E-state index contributed by atoms with van der Waals surface area (Å²) in [5.41, 5.74) is 0.843. The van der Waals surface area contributed by atoms with Gasteiger partial charge in [-0.25, -0.2) is 4.98 Å². The summed E-state index contributed by atoms with van der Waals surface area (Å²) >= 11 is 1.47. The average Bonchev–Trinajstić information content (AvgIpc) is 3.07. The summed E-state index contributed by atoms with van der Waals surface area (Å²) in [6.45, 7) is 1.51. The van der Waals surface area contributed by atoms with Crippen LogP contribution in [0.1, 0.15) is 11.4 Å². The van der Waals surface area contributed by atoms with Crippen LogP contribution in [0.15, 0.2) is 34.4 Å². The highest BCUT2D eigenvalue weighted by atomic mass is 32.1. The number of rotatable bonds is 4. The highest BCUT2D eigenvalue weighted by molar-refractivity contribution is 7.16. The Morgan fingerprint density at radius 2 is 1.96 bits per heavy atom. The van der Waals surface area contributed by atoms with Crippen LogP contribution in [-0.2, 0) is 24.2 Å². The molecule has 3 heterocycles. The highest BCUT2D eigenvalue weighted by Crippen LogP contribution is 2.28. The van der Waals surface area contributed by atoms with Crippen LogP contribution in [-0.4, -0.2) is 47.7 Å². The van der Waals surface area contributed by atoms with Crippen molar-refractivity contribution in [1.29, 1.82) is 0 Å². The topological polar surface area (TPSA) is 73.7 Å². The van der Waals surface area contributed by atoms with E-state index in [9.17, 15) is 9.59 Å². The van der Waals surface area contributed by atoms with Crippen molar-refractivity contribution in [3.05, 3.63) is 51.4 Å². The van der Waals surface area contributed by atoms with Crippen LogP contribution in [0.3, 0.4) is 0 Å². The first-order valence-electron chi connectivity index (χ1n) is 9.06. The third-order valence-electron chi connectivity index (χ3n) is 5.02. The van der Waals surface area contributed by atoms with Gasteiger partial charge in [0, 0.05) is 26.1 Å². The maximum atomic E-state index is 12.8. The van der Waals surface area contributed by atoms with Crippen LogP contribution >= 0.6 is 11.3 Å². The van der Waals surface area contributed by atoms with Gasteiger partial charge in [-0.15, -0.1) is 11.3 Å². The van der Waals surface area contributed by atoms with Gasteiger partial charge in [-0.1, -0.05) is 6.07 Å². The fourth-order valence-electron chi connectivity index (χ4n) is 3.51. The summed E-state index contributed by atoms with van der Waals surface area (Å²) in [6, 6.07) is 7.30. The minimum Gasteiger partial charge on any atom is -0.493 e. The predicted molar refractivity (Wildman–Crippen MR) is 107 cm³/mol. The fraction of sp³-hybridized carbons (Fsp3) is 0.350. The maximum Gasteiger partial charge on any atom is 0.262 e. The lowest BCUT2D eigenvalue weighted by Gasteiger charge is -2.20. The summed E-state index contributed by atoms with van der Waals surface area (Å²) in [7, 11) is 3.16. The Bertz CT molecular complexity index is 1090. The lowest BCUT2D eigenvalue weighted by atomic mass is 10.1. The Morgan fingerprint density at radius 1 is 1.14 bits per heavy atom. The average molecular weight is 399 g/mol. The van der Waals surface area contributed by atoms with Gasteiger partial charge in [0.15, 0.2) is 11.5 Å². The van der Waals surface area contributed by atoms with E-state index >= 15 is 0 Å². The number of ether oxygens (including phenoxy) is 2. The summed E-state index contributed by atoms with van der Waals surface area (Å²) in [4.78, 5) is 32.7. The molecule has 1 aliphatic rings.